The molecule has 1 fully saturated rings. The van der Waals surface area contributed by atoms with Gasteiger partial charge in [-0.3, -0.25) is 0 Å². The maximum atomic E-state index is 13.1. The van der Waals surface area contributed by atoms with Crippen LogP contribution in [0.3, 0.4) is 0 Å². The third-order valence-corrected chi connectivity index (χ3v) is 4.77. The highest BCUT2D eigenvalue weighted by Crippen LogP contribution is 2.25. The summed E-state index contributed by atoms with van der Waals surface area (Å²) in [7, 11) is 0. The van der Waals surface area contributed by atoms with Crippen LogP contribution in [0.25, 0.3) is 11.3 Å². The Bertz CT molecular complexity index is 680. The molecule has 5 nitrogen and oxygen atoms in total. The highest BCUT2D eigenvalue weighted by Gasteiger charge is 2.24. The summed E-state index contributed by atoms with van der Waals surface area (Å²) < 4.78 is 26.7. The minimum atomic E-state index is -0.223. The number of ether oxygens (including phenoxy) is 2. The van der Waals surface area contributed by atoms with Gasteiger partial charge in [-0.1, -0.05) is 0 Å². The van der Waals surface area contributed by atoms with E-state index in [2.05, 4.69) is 14.9 Å². The standard InChI is InChI=1S/C18H22FN3O2/c19-14-3-1-13(2-4-14)17-10-21-18-12-24-16(11-22(17)18)9-20-15-5-7-23-8-6-15/h1-4,10,15-16,20H,5-9,11-12H2. The van der Waals surface area contributed by atoms with E-state index in [9.17, 15) is 4.39 Å². The van der Waals surface area contributed by atoms with Gasteiger partial charge >= 0.3 is 0 Å². The number of benzene rings is 1. The van der Waals surface area contributed by atoms with Crippen LogP contribution >= 0.6 is 0 Å². The molecule has 4 rings (SSSR count). The summed E-state index contributed by atoms with van der Waals surface area (Å²) in [5.41, 5.74) is 2.00. The van der Waals surface area contributed by atoms with Gasteiger partial charge in [0.1, 0.15) is 18.2 Å². The molecule has 24 heavy (non-hydrogen) atoms. The smallest absolute Gasteiger partial charge is 0.135 e. The van der Waals surface area contributed by atoms with E-state index in [1.54, 1.807) is 12.1 Å². The van der Waals surface area contributed by atoms with Crippen LogP contribution in [0.5, 0.6) is 0 Å². The van der Waals surface area contributed by atoms with E-state index in [4.69, 9.17) is 9.47 Å². The largest absolute Gasteiger partial charge is 0.381 e. The first-order chi connectivity index (χ1) is 11.8. The average Bonchev–Trinajstić information content (AvgIpc) is 3.05. The molecular weight excluding hydrogens is 309 g/mol. The highest BCUT2D eigenvalue weighted by molar-refractivity contribution is 5.59. The fourth-order valence-corrected chi connectivity index (χ4v) is 3.36. The monoisotopic (exact) mass is 331 g/mol. The molecule has 1 aromatic carbocycles. The number of imidazole rings is 1. The summed E-state index contributed by atoms with van der Waals surface area (Å²) in [6, 6.07) is 7.08. The second-order valence-corrected chi connectivity index (χ2v) is 6.41. The molecule has 2 aliphatic heterocycles. The molecule has 1 saturated heterocycles. The zero-order valence-corrected chi connectivity index (χ0v) is 13.6. The molecular formula is C18H22FN3O2. The van der Waals surface area contributed by atoms with Crippen molar-refractivity contribution in [2.45, 2.75) is 38.1 Å². The first-order valence-electron chi connectivity index (χ1n) is 8.52. The third kappa shape index (κ3) is 3.36. The number of nitrogens with zero attached hydrogens (tertiary/aromatic N) is 2. The van der Waals surface area contributed by atoms with Gasteiger partial charge in [-0.2, -0.15) is 0 Å². The van der Waals surface area contributed by atoms with Crippen LogP contribution < -0.4 is 5.32 Å². The Hall–Kier alpha value is -1.76. The summed E-state index contributed by atoms with van der Waals surface area (Å²) in [6.45, 7) is 3.78. The van der Waals surface area contributed by atoms with Crippen LogP contribution in [0.1, 0.15) is 18.7 Å². The van der Waals surface area contributed by atoms with Crippen molar-refractivity contribution in [1.29, 1.82) is 0 Å². The van der Waals surface area contributed by atoms with Crippen LogP contribution in [0.2, 0.25) is 0 Å². The summed E-state index contributed by atoms with van der Waals surface area (Å²) in [4.78, 5) is 4.45. The zero-order chi connectivity index (χ0) is 16.4. The second kappa shape index (κ2) is 7.01. The average molecular weight is 331 g/mol. The normalized spacial score (nSPS) is 21.6. The predicted molar refractivity (Wildman–Crippen MR) is 88.0 cm³/mol. The SMILES string of the molecule is Fc1ccc(-c2cnc3n2CC(CNC2CCOCC2)OC3)cc1. The molecule has 2 aromatic rings. The molecule has 2 aliphatic rings. The van der Waals surface area contributed by atoms with Gasteiger partial charge in [-0.05, 0) is 42.7 Å². The van der Waals surface area contributed by atoms with Gasteiger partial charge in [0.05, 0.1) is 24.5 Å². The molecule has 1 unspecified atom stereocenters. The number of rotatable bonds is 4. The first-order valence-corrected chi connectivity index (χ1v) is 8.52. The molecule has 0 aliphatic carbocycles. The van der Waals surface area contributed by atoms with Crippen molar-refractivity contribution in [2.24, 2.45) is 0 Å². The predicted octanol–water partition coefficient (Wildman–Crippen LogP) is 2.36. The minimum absolute atomic E-state index is 0.119. The van der Waals surface area contributed by atoms with E-state index >= 15 is 0 Å². The van der Waals surface area contributed by atoms with Crippen molar-refractivity contribution >= 4 is 0 Å². The Balaban J connectivity index is 1.44. The number of fused-ring (bicyclic) bond motifs is 1. The van der Waals surface area contributed by atoms with Crippen LogP contribution in [-0.4, -0.2) is 41.5 Å². The van der Waals surface area contributed by atoms with E-state index in [0.717, 1.165) is 56.2 Å². The van der Waals surface area contributed by atoms with E-state index in [0.29, 0.717) is 12.6 Å². The van der Waals surface area contributed by atoms with E-state index in [-0.39, 0.29) is 11.9 Å². The summed E-state index contributed by atoms with van der Waals surface area (Å²) in [6.07, 6.45) is 4.09. The van der Waals surface area contributed by atoms with Crippen LogP contribution in [0.15, 0.2) is 30.5 Å². The molecule has 0 bridgehead atoms. The summed E-state index contributed by atoms with van der Waals surface area (Å²) in [5, 5.41) is 3.59. The van der Waals surface area contributed by atoms with Gasteiger partial charge in [0.15, 0.2) is 0 Å². The lowest BCUT2D eigenvalue weighted by Gasteiger charge is -2.29. The topological polar surface area (TPSA) is 48.3 Å². The molecule has 128 valence electrons. The van der Waals surface area contributed by atoms with Gasteiger partial charge in [0, 0.05) is 25.8 Å². The lowest BCUT2D eigenvalue weighted by molar-refractivity contribution is -0.00174. The molecule has 1 aromatic heterocycles. The van der Waals surface area contributed by atoms with Crippen molar-refractivity contribution in [1.82, 2.24) is 14.9 Å². The van der Waals surface area contributed by atoms with Crippen molar-refractivity contribution in [3.05, 3.63) is 42.1 Å². The van der Waals surface area contributed by atoms with Crippen LogP contribution in [-0.2, 0) is 22.6 Å². The van der Waals surface area contributed by atoms with Crippen molar-refractivity contribution in [3.63, 3.8) is 0 Å². The highest BCUT2D eigenvalue weighted by atomic mass is 19.1. The lowest BCUT2D eigenvalue weighted by atomic mass is 10.1. The fraction of sp³-hybridized carbons (Fsp3) is 0.500. The second-order valence-electron chi connectivity index (χ2n) is 6.41. The number of hydrogen-bond acceptors (Lipinski definition) is 4. The van der Waals surface area contributed by atoms with Gasteiger partial charge < -0.3 is 19.4 Å². The van der Waals surface area contributed by atoms with E-state index in [1.807, 2.05) is 6.20 Å². The summed E-state index contributed by atoms with van der Waals surface area (Å²) in [5.74, 6) is 0.704. The quantitative estimate of drug-likeness (QED) is 0.934. The van der Waals surface area contributed by atoms with E-state index < -0.39 is 0 Å². The molecule has 0 amide bonds. The minimum Gasteiger partial charge on any atom is -0.381 e. The van der Waals surface area contributed by atoms with E-state index in [1.165, 1.54) is 12.1 Å². The number of halogens is 1. The molecule has 1 N–H and O–H groups in total. The third-order valence-electron chi connectivity index (χ3n) is 4.77. The number of aromatic nitrogens is 2. The zero-order valence-electron chi connectivity index (χ0n) is 13.6. The number of hydrogen-bond donors (Lipinski definition) is 1. The van der Waals surface area contributed by atoms with Crippen molar-refractivity contribution < 1.29 is 13.9 Å². The van der Waals surface area contributed by atoms with Crippen LogP contribution in [0, 0.1) is 5.82 Å². The lowest BCUT2D eigenvalue weighted by Crippen LogP contribution is -2.42. The Morgan fingerprint density at radius 3 is 2.79 bits per heavy atom. The Kier molecular flexibility index (Phi) is 4.60. The van der Waals surface area contributed by atoms with Crippen molar-refractivity contribution in [2.75, 3.05) is 19.8 Å². The molecule has 3 heterocycles. The van der Waals surface area contributed by atoms with Gasteiger partial charge in [-0.25, -0.2) is 9.37 Å². The Morgan fingerprint density at radius 2 is 2.00 bits per heavy atom. The maximum Gasteiger partial charge on any atom is 0.135 e. The maximum absolute atomic E-state index is 13.1. The summed E-state index contributed by atoms with van der Waals surface area (Å²) >= 11 is 0. The first kappa shape index (κ1) is 15.7. The Morgan fingerprint density at radius 1 is 1.21 bits per heavy atom. The molecule has 0 radical (unpaired) electrons. The molecule has 6 heteroatoms. The fourth-order valence-electron chi connectivity index (χ4n) is 3.36. The molecule has 0 saturated carbocycles. The van der Waals surface area contributed by atoms with Crippen molar-refractivity contribution in [3.8, 4) is 11.3 Å². The van der Waals surface area contributed by atoms with Gasteiger partial charge in [0.25, 0.3) is 0 Å². The Labute approximate surface area is 140 Å². The van der Waals surface area contributed by atoms with Gasteiger partial charge in [-0.15, -0.1) is 0 Å². The number of nitrogens with one attached hydrogen (secondary N) is 1. The van der Waals surface area contributed by atoms with Gasteiger partial charge in [0.2, 0.25) is 0 Å². The van der Waals surface area contributed by atoms with Crippen LogP contribution in [0.4, 0.5) is 4.39 Å². The molecule has 0 spiro atoms. The molecule has 1 atom stereocenters.